The molecule has 1 unspecified atom stereocenters. The van der Waals surface area contributed by atoms with E-state index >= 15 is 0 Å². The van der Waals surface area contributed by atoms with Crippen molar-refractivity contribution in [2.45, 2.75) is 6.04 Å². The molecule has 7 heteroatoms. The van der Waals surface area contributed by atoms with Crippen molar-refractivity contribution in [2.24, 2.45) is 0 Å². The summed E-state index contributed by atoms with van der Waals surface area (Å²) in [7, 11) is 0. The largest absolute Gasteiger partial charge is 0.334 e. The first-order chi connectivity index (χ1) is 7.65. The third kappa shape index (κ3) is 2.65. The standard InChI is InChI=1S/C9H8ClN3O2S/c10-5-1-2-11-7(3-5)13-8(14)6-4-16-9(15)12-6/h1-3,6H,4H2,(H,12,15)(H,11,13,14). The molecule has 0 saturated carbocycles. The Morgan fingerprint density at radius 3 is 3.12 bits per heavy atom. The van der Waals surface area contributed by atoms with Gasteiger partial charge in [0.1, 0.15) is 11.9 Å². The van der Waals surface area contributed by atoms with Gasteiger partial charge < -0.3 is 10.6 Å². The summed E-state index contributed by atoms with van der Waals surface area (Å²) >= 11 is 6.84. The summed E-state index contributed by atoms with van der Waals surface area (Å²) in [6.45, 7) is 0. The van der Waals surface area contributed by atoms with Crippen molar-refractivity contribution < 1.29 is 9.59 Å². The van der Waals surface area contributed by atoms with Gasteiger partial charge in [0, 0.05) is 17.0 Å². The number of thioether (sulfide) groups is 1. The summed E-state index contributed by atoms with van der Waals surface area (Å²) in [6, 6.07) is 2.66. The third-order valence-corrected chi connectivity index (χ3v) is 3.08. The summed E-state index contributed by atoms with van der Waals surface area (Å²) in [5.41, 5.74) is 0. The van der Waals surface area contributed by atoms with E-state index in [0.717, 1.165) is 11.8 Å². The van der Waals surface area contributed by atoms with Crippen molar-refractivity contribution in [1.82, 2.24) is 10.3 Å². The number of anilines is 1. The molecule has 0 radical (unpaired) electrons. The third-order valence-electron chi connectivity index (χ3n) is 1.96. The van der Waals surface area contributed by atoms with Gasteiger partial charge in [0.2, 0.25) is 5.91 Å². The number of carbonyl (C=O) groups excluding carboxylic acids is 2. The van der Waals surface area contributed by atoms with E-state index in [4.69, 9.17) is 11.6 Å². The first-order valence-corrected chi connectivity index (χ1v) is 5.87. The molecule has 2 amide bonds. The molecular weight excluding hydrogens is 250 g/mol. The molecule has 16 heavy (non-hydrogen) atoms. The highest BCUT2D eigenvalue weighted by atomic mass is 35.5. The smallest absolute Gasteiger partial charge is 0.279 e. The molecule has 1 saturated heterocycles. The molecule has 5 nitrogen and oxygen atoms in total. The summed E-state index contributed by atoms with van der Waals surface area (Å²) < 4.78 is 0. The Kier molecular flexibility index (Phi) is 3.31. The number of nitrogens with one attached hydrogen (secondary N) is 2. The molecule has 1 aliphatic rings. The van der Waals surface area contributed by atoms with Gasteiger partial charge in [-0.15, -0.1) is 0 Å². The fourth-order valence-electron chi connectivity index (χ4n) is 1.21. The molecule has 2 rings (SSSR count). The number of carbonyl (C=O) groups is 2. The van der Waals surface area contributed by atoms with E-state index in [-0.39, 0.29) is 11.1 Å². The Labute approximate surface area is 101 Å². The van der Waals surface area contributed by atoms with Crippen LogP contribution in [0.15, 0.2) is 18.3 Å². The minimum atomic E-state index is -0.502. The second-order valence-corrected chi connectivity index (χ2v) is 4.57. The lowest BCUT2D eigenvalue weighted by atomic mass is 10.3. The van der Waals surface area contributed by atoms with Crippen LogP contribution in [0.25, 0.3) is 0 Å². The van der Waals surface area contributed by atoms with E-state index in [1.807, 2.05) is 0 Å². The van der Waals surface area contributed by atoms with Gasteiger partial charge in [0.15, 0.2) is 0 Å². The van der Waals surface area contributed by atoms with E-state index in [1.54, 1.807) is 12.1 Å². The fraction of sp³-hybridized carbons (Fsp3) is 0.222. The van der Waals surface area contributed by atoms with E-state index in [2.05, 4.69) is 15.6 Å². The molecule has 0 aromatic carbocycles. The van der Waals surface area contributed by atoms with Crippen molar-refractivity contribution in [3.8, 4) is 0 Å². The average molecular weight is 258 g/mol. The second-order valence-electron chi connectivity index (χ2n) is 3.14. The maximum Gasteiger partial charge on any atom is 0.279 e. The molecular formula is C9H8ClN3O2S. The Morgan fingerprint density at radius 1 is 1.69 bits per heavy atom. The molecule has 1 aromatic heterocycles. The molecule has 1 atom stereocenters. The normalized spacial score (nSPS) is 19.3. The summed E-state index contributed by atoms with van der Waals surface area (Å²) in [5.74, 6) is 0.530. The van der Waals surface area contributed by atoms with E-state index in [9.17, 15) is 9.59 Å². The highest BCUT2D eigenvalue weighted by Crippen LogP contribution is 2.16. The summed E-state index contributed by atoms with van der Waals surface area (Å²) in [6.07, 6.45) is 1.50. The molecule has 1 aromatic rings. The van der Waals surface area contributed by atoms with Crippen LogP contribution in [-0.2, 0) is 4.79 Å². The number of amides is 2. The second kappa shape index (κ2) is 4.71. The number of hydrogen-bond acceptors (Lipinski definition) is 4. The molecule has 0 aliphatic carbocycles. The molecule has 2 heterocycles. The average Bonchev–Trinajstić information content (AvgIpc) is 2.65. The fourth-order valence-corrected chi connectivity index (χ4v) is 2.15. The van der Waals surface area contributed by atoms with Gasteiger partial charge in [-0.05, 0) is 12.1 Å². The van der Waals surface area contributed by atoms with Crippen molar-refractivity contribution in [3.05, 3.63) is 23.4 Å². The number of rotatable bonds is 2. The zero-order valence-electron chi connectivity index (χ0n) is 8.07. The van der Waals surface area contributed by atoms with Gasteiger partial charge in [0.25, 0.3) is 5.24 Å². The molecule has 2 N–H and O–H groups in total. The SMILES string of the molecule is O=C1NC(C(=O)Nc2cc(Cl)ccn2)CS1. The minimum absolute atomic E-state index is 0.181. The zero-order valence-corrected chi connectivity index (χ0v) is 9.64. The molecule has 0 bridgehead atoms. The van der Waals surface area contributed by atoms with Gasteiger partial charge in [-0.25, -0.2) is 4.98 Å². The summed E-state index contributed by atoms with van der Waals surface area (Å²) in [4.78, 5) is 26.5. The Balaban J connectivity index is 1.99. The Bertz CT molecular complexity index is 441. The number of pyridine rings is 1. The van der Waals surface area contributed by atoms with Crippen molar-refractivity contribution >= 4 is 40.3 Å². The highest BCUT2D eigenvalue weighted by molar-refractivity contribution is 8.14. The van der Waals surface area contributed by atoms with Crippen LogP contribution in [-0.4, -0.2) is 27.9 Å². The number of aromatic nitrogens is 1. The first kappa shape index (κ1) is 11.2. The predicted molar refractivity (Wildman–Crippen MR) is 62.7 cm³/mol. The maximum atomic E-state index is 11.6. The Hall–Kier alpha value is -1.27. The topological polar surface area (TPSA) is 71.1 Å². The maximum absolute atomic E-state index is 11.6. The summed E-state index contributed by atoms with van der Waals surface area (Å²) in [5, 5.41) is 5.44. The number of nitrogens with zero attached hydrogens (tertiary/aromatic N) is 1. The van der Waals surface area contributed by atoms with Crippen molar-refractivity contribution in [1.29, 1.82) is 0 Å². The van der Waals surface area contributed by atoms with Gasteiger partial charge >= 0.3 is 0 Å². The van der Waals surface area contributed by atoms with Crippen LogP contribution in [0.4, 0.5) is 10.6 Å². The van der Waals surface area contributed by atoms with E-state index in [1.165, 1.54) is 6.20 Å². The van der Waals surface area contributed by atoms with Crippen LogP contribution in [0.3, 0.4) is 0 Å². The van der Waals surface area contributed by atoms with Crippen LogP contribution in [0, 0.1) is 0 Å². The zero-order chi connectivity index (χ0) is 11.5. The monoisotopic (exact) mass is 257 g/mol. The first-order valence-electron chi connectivity index (χ1n) is 4.51. The lowest BCUT2D eigenvalue weighted by Gasteiger charge is -2.09. The Morgan fingerprint density at radius 2 is 2.50 bits per heavy atom. The van der Waals surface area contributed by atoms with Crippen LogP contribution in [0.5, 0.6) is 0 Å². The van der Waals surface area contributed by atoms with Gasteiger partial charge in [-0.1, -0.05) is 23.4 Å². The van der Waals surface area contributed by atoms with E-state index in [0.29, 0.717) is 16.6 Å². The van der Waals surface area contributed by atoms with Crippen LogP contribution in [0.2, 0.25) is 5.02 Å². The molecule has 84 valence electrons. The highest BCUT2D eigenvalue weighted by Gasteiger charge is 2.28. The minimum Gasteiger partial charge on any atom is -0.334 e. The number of halogens is 1. The number of hydrogen-bond donors (Lipinski definition) is 2. The van der Waals surface area contributed by atoms with Crippen molar-refractivity contribution in [3.63, 3.8) is 0 Å². The van der Waals surface area contributed by atoms with Crippen LogP contribution >= 0.6 is 23.4 Å². The molecule has 1 fully saturated rings. The molecule has 0 spiro atoms. The van der Waals surface area contributed by atoms with Gasteiger partial charge in [-0.2, -0.15) is 0 Å². The van der Waals surface area contributed by atoms with Crippen LogP contribution < -0.4 is 10.6 Å². The van der Waals surface area contributed by atoms with Crippen LogP contribution in [0.1, 0.15) is 0 Å². The lowest BCUT2D eigenvalue weighted by molar-refractivity contribution is -0.117. The van der Waals surface area contributed by atoms with E-state index < -0.39 is 6.04 Å². The van der Waals surface area contributed by atoms with Crippen molar-refractivity contribution in [2.75, 3.05) is 11.1 Å². The predicted octanol–water partition coefficient (Wildman–Crippen LogP) is 1.50. The van der Waals surface area contributed by atoms with Gasteiger partial charge in [-0.3, -0.25) is 9.59 Å². The lowest BCUT2D eigenvalue weighted by Crippen LogP contribution is -2.38. The van der Waals surface area contributed by atoms with Gasteiger partial charge in [0.05, 0.1) is 0 Å². The molecule has 1 aliphatic heterocycles. The quantitative estimate of drug-likeness (QED) is 0.842.